The molecule has 1 aromatic rings. The van der Waals surface area contributed by atoms with Crippen LogP contribution in [-0.2, 0) is 0 Å². The van der Waals surface area contributed by atoms with Gasteiger partial charge in [0.25, 0.3) is 0 Å². The zero-order valence-electron chi connectivity index (χ0n) is 13.7. The summed E-state index contributed by atoms with van der Waals surface area (Å²) in [5, 5.41) is 5.69. The van der Waals surface area contributed by atoms with Crippen LogP contribution >= 0.6 is 0 Å². The summed E-state index contributed by atoms with van der Waals surface area (Å²) in [6.45, 7) is 10.3. The average Bonchev–Trinajstić information content (AvgIpc) is 2.41. The van der Waals surface area contributed by atoms with Gasteiger partial charge in [-0.15, -0.1) is 0 Å². The summed E-state index contributed by atoms with van der Waals surface area (Å²) in [5.41, 5.74) is 2.30. The largest absolute Gasteiger partial charge is 0.493 e. The van der Waals surface area contributed by atoms with E-state index in [-0.39, 0.29) is 6.03 Å². The molecule has 4 nitrogen and oxygen atoms in total. The molecule has 0 fully saturated rings. The third-order valence-corrected chi connectivity index (χ3v) is 3.27. The molecular weight excluding hydrogens is 264 g/mol. The molecule has 1 rings (SSSR count). The van der Waals surface area contributed by atoms with Gasteiger partial charge in [0.2, 0.25) is 0 Å². The Bertz CT molecular complexity index is 424. The van der Waals surface area contributed by atoms with Crippen molar-refractivity contribution in [2.24, 2.45) is 5.92 Å². The minimum absolute atomic E-state index is 0.0947. The molecule has 0 aliphatic carbocycles. The highest BCUT2D eigenvalue weighted by atomic mass is 16.5. The second-order valence-corrected chi connectivity index (χ2v) is 5.79. The Morgan fingerprint density at radius 1 is 1.14 bits per heavy atom. The second-order valence-electron chi connectivity index (χ2n) is 5.79. The third-order valence-electron chi connectivity index (χ3n) is 3.27. The molecule has 0 unspecified atom stereocenters. The van der Waals surface area contributed by atoms with Gasteiger partial charge in [-0.25, -0.2) is 4.79 Å². The molecule has 0 radical (unpaired) electrons. The van der Waals surface area contributed by atoms with Gasteiger partial charge in [-0.3, -0.25) is 0 Å². The molecule has 0 heterocycles. The number of urea groups is 1. The maximum Gasteiger partial charge on any atom is 0.314 e. The molecule has 0 aliphatic rings. The number of hydrogen-bond donors (Lipinski definition) is 2. The molecule has 0 saturated carbocycles. The van der Waals surface area contributed by atoms with Crippen LogP contribution in [0.3, 0.4) is 0 Å². The van der Waals surface area contributed by atoms with E-state index >= 15 is 0 Å². The van der Waals surface area contributed by atoms with Crippen LogP contribution < -0.4 is 15.4 Å². The Hall–Kier alpha value is -1.71. The maximum absolute atomic E-state index is 11.5. The first-order valence-corrected chi connectivity index (χ1v) is 7.71. The lowest BCUT2D eigenvalue weighted by Crippen LogP contribution is -2.37. The van der Waals surface area contributed by atoms with E-state index in [1.54, 1.807) is 0 Å². The first-order valence-electron chi connectivity index (χ1n) is 7.71. The zero-order valence-corrected chi connectivity index (χ0v) is 13.7. The molecular formula is C17H28N2O2. The summed E-state index contributed by atoms with van der Waals surface area (Å²) in [7, 11) is 0. The quantitative estimate of drug-likeness (QED) is 0.721. The van der Waals surface area contributed by atoms with Crippen molar-refractivity contribution < 1.29 is 9.53 Å². The highest BCUT2D eigenvalue weighted by molar-refractivity contribution is 5.73. The predicted molar refractivity (Wildman–Crippen MR) is 86.9 cm³/mol. The maximum atomic E-state index is 11.5. The Balaban J connectivity index is 2.13. The fraction of sp³-hybridized carbons (Fsp3) is 0.588. The number of aryl methyl sites for hydroxylation is 2. The van der Waals surface area contributed by atoms with Gasteiger partial charge in [-0.05, 0) is 43.7 Å². The van der Waals surface area contributed by atoms with Crippen molar-refractivity contribution in [2.45, 2.75) is 40.5 Å². The van der Waals surface area contributed by atoms with Gasteiger partial charge in [0, 0.05) is 13.1 Å². The van der Waals surface area contributed by atoms with Crippen LogP contribution in [0.15, 0.2) is 18.2 Å². The van der Waals surface area contributed by atoms with Gasteiger partial charge in [0.1, 0.15) is 5.75 Å². The lowest BCUT2D eigenvalue weighted by molar-refractivity contribution is 0.238. The highest BCUT2D eigenvalue weighted by Crippen LogP contribution is 2.22. The molecule has 0 spiro atoms. The summed E-state index contributed by atoms with van der Waals surface area (Å²) in [4.78, 5) is 11.5. The zero-order chi connectivity index (χ0) is 15.7. The van der Waals surface area contributed by atoms with E-state index in [0.29, 0.717) is 19.1 Å². The molecule has 21 heavy (non-hydrogen) atoms. The summed E-state index contributed by atoms with van der Waals surface area (Å²) >= 11 is 0. The van der Waals surface area contributed by atoms with E-state index in [1.807, 2.05) is 32.0 Å². The molecule has 118 valence electrons. The first-order chi connectivity index (χ1) is 10.0. The lowest BCUT2D eigenvalue weighted by atomic mass is 10.1. The van der Waals surface area contributed by atoms with E-state index in [9.17, 15) is 4.79 Å². The van der Waals surface area contributed by atoms with E-state index in [4.69, 9.17) is 4.74 Å². The fourth-order valence-corrected chi connectivity index (χ4v) is 2.01. The Morgan fingerprint density at radius 2 is 1.76 bits per heavy atom. The first kappa shape index (κ1) is 17.3. The molecule has 2 amide bonds. The SMILES string of the molecule is Cc1cccc(C)c1OCCCNC(=O)NCCC(C)C. The normalized spacial score (nSPS) is 10.5. The van der Waals surface area contributed by atoms with Crippen molar-refractivity contribution in [1.29, 1.82) is 0 Å². The number of para-hydroxylation sites is 1. The van der Waals surface area contributed by atoms with Gasteiger partial charge in [0.05, 0.1) is 6.61 Å². The van der Waals surface area contributed by atoms with Crippen LogP contribution in [0.25, 0.3) is 0 Å². The highest BCUT2D eigenvalue weighted by Gasteiger charge is 2.03. The number of amides is 2. The third kappa shape index (κ3) is 7.02. The molecule has 0 bridgehead atoms. The molecule has 1 aromatic carbocycles. The Labute approximate surface area is 128 Å². The fourth-order valence-electron chi connectivity index (χ4n) is 2.01. The molecule has 0 aliphatic heterocycles. The molecule has 0 aromatic heterocycles. The second kappa shape index (κ2) is 9.27. The number of benzene rings is 1. The summed E-state index contributed by atoms with van der Waals surface area (Å²) in [5.74, 6) is 1.56. The van der Waals surface area contributed by atoms with Crippen LogP contribution in [-0.4, -0.2) is 25.7 Å². The van der Waals surface area contributed by atoms with Crippen LogP contribution in [0.2, 0.25) is 0 Å². The number of ether oxygens (including phenoxy) is 1. The monoisotopic (exact) mass is 292 g/mol. The van der Waals surface area contributed by atoms with Crippen LogP contribution in [0.4, 0.5) is 4.79 Å². The topological polar surface area (TPSA) is 50.4 Å². The van der Waals surface area contributed by atoms with Crippen LogP contribution in [0.1, 0.15) is 37.8 Å². The molecule has 0 atom stereocenters. The van der Waals surface area contributed by atoms with E-state index in [2.05, 4.69) is 24.5 Å². The van der Waals surface area contributed by atoms with Gasteiger partial charge in [-0.1, -0.05) is 32.0 Å². The number of nitrogens with one attached hydrogen (secondary N) is 2. The van der Waals surface area contributed by atoms with E-state index < -0.39 is 0 Å². The van der Waals surface area contributed by atoms with Crippen molar-refractivity contribution in [1.82, 2.24) is 10.6 Å². The van der Waals surface area contributed by atoms with E-state index in [1.165, 1.54) is 0 Å². The van der Waals surface area contributed by atoms with Crippen molar-refractivity contribution in [3.8, 4) is 5.75 Å². The lowest BCUT2D eigenvalue weighted by Gasteiger charge is -2.12. The average molecular weight is 292 g/mol. The standard InChI is InChI=1S/C17H28N2O2/c1-13(2)9-11-19-17(20)18-10-6-12-21-16-14(3)7-5-8-15(16)4/h5,7-8,13H,6,9-12H2,1-4H3,(H2,18,19,20). The molecule has 4 heteroatoms. The van der Waals surface area contributed by atoms with Crippen molar-refractivity contribution in [3.63, 3.8) is 0 Å². The number of rotatable bonds is 8. The number of carbonyl (C=O) groups is 1. The molecule has 2 N–H and O–H groups in total. The van der Waals surface area contributed by atoms with E-state index in [0.717, 1.165) is 36.3 Å². The summed E-state index contributed by atoms with van der Waals surface area (Å²) in [6.07, 6.45) is 1.80. The number of carbonyl (C=O) groups excluding carboxylic acids is 1. The van der Waals surface area contributed by atoms with Gasteiger partial charge in [0.15, 0.2) is 0 Å². The van der Waals surface area contributed by atoms with Gasteiger partial charge < -0.3 is 15.4 Å². The Morgan fingerprint density at radius 3 is 2.38 bits per heavy atom. The molecule has 0 saturated heterocycles. The van der Waals surface area contributed by atoms with Gasteiger partial charge >= 0.3 is 6.03 Å². The van der Waals surface area contributed by atoms with Crippen molar-refractivity contribution in [3.05, 3.63) is 29.3 Å². The summed E-state index contributed by atoms with van der Waals surface area (Å²) in [6, 6.07) is 6.02. The predicted octanol–water partition coefficient (Wildman–Crippen LogP) is 3.42. The smallest absolute Gasteiger partial charge is 0.314 e. The van der Waals surface area contributed by atoms with Crippen molar-refractivity contribution >= 4 is 6.03 Å². The Kier molecular flexibility index (Phi) is 7.65. The van der Waals surface area contributed by atoms with Crippen molar-refractivity contribution in [2.75, 3.05) is 19.7 Å². The number of hydrogen-bond acceptors (Lipinski definition) is 2. The van der Waals surface area contributed by atoms with Crippen LogP contribution in [0, 0.1) is 19.8 Å². The minimum Gasteiger partial charge on any atom is -0.493 e. The van der Waals surface area contributed by atoms with Crippen LogP contribution in [0.5, 0.6) is 5.75 Å². The van der Waals surface area contributed by atoms with Gasteiger partial charge in [-0.2, -0.15) is 0 Å². The summed E-state index contributed by atoms with van der Waals surface area (Å²) < 4.78 is 5.79. The minimum atomic E-state index is -0.0947.